The van der Waals surface area contributed by atoms with Crippen LogP contribution in [0.2, 0.25) is 0 Å². The topological polar surface area (TPSA) is 35.0 Å². The second-order valence-electron chi connectivity index (χ2n) is 2.65. The molecule has 0 aromatic carbocycles. The van der Waals surface area contributed by atoms with E-state index in [-0.39, 0.29) is 4.60 Å². The Bertz CT molecular complexity index is 489. The first-order valence-electron chi connectivity index (χ1n) is 3.87. The average Bonchev–Trinajstić information content (AvgIpc) is 2.19. The van der Waals surface area contributed by atoms with Crippen molar-refractivity contribution in [2.24, 2.45) is 0 Å². The number of nitrogens with zero attached hydrogens (tertiary/aromatic N) is 2. The summed E-state index contributed by atoms with van der Waals surface area (Å²) in [6.07, 6.45) is 0. The number of ether oxygens (including phenoxy) is 1. The van der Waals surface area contributed by atoms with E-state index < -0.39 is 5.82 Å². The molecule has 0 aliphatic heterocycles. The van der Waals surface area contributed by atoms with Crippen molar-refractivity contribution in [2.45, 2.75) is 0 Å². The SMILES string of the molecule is COc1ccc2nc(Br)c(F)cc2n1. The summed E-state index contributed by atoms with van der Waals surface area (Å²) in [5.41, 5.74) is 1.10. The van der Waals surface area contributed by atoms with E-state index in [1.807, 2.05) is 0 Å². The van der Waals surface area contributed by atoms with Gasteiger partial charge in [0.1, 0.15) is 4.60 Å². The number of halogens is 2. The zero-order valence-electron chi connectivity index (χ0n) is 7.29. The van der Waals surface area contributed by atoms with Crippen molar-refractivity contribution in [3.8, 4) is 5.88 Å². The van der Waals surface area contributed by atoms with Crippen molar-refractivity contribution in [3.05, 3.63) is 28.6 Å². The fraction of sp³-hybridized carbons (Fsp3) is 0.111. The van der Waals surface area contributed by atoms with E-state index >= 15 is 0 Å². The van der Waals surface area contributed by atoms with Gasteiger partial charge in [-0.05, 0) is 22.0 Å². The number of aromatic nitrogens is 2. The van der Waals surface area contributed by atoms with Gasteiger partial charge < -0.3 is 4.74 Å². The maximum absolute atomic E-state index is 13.1. The summed E-state index contributed by atoms with van der Waals surface area (Å²) in [5.74, 6) is 0.0132. The van der Waals surface area contributed by atoms with Crippen LogP contribution >= 0.6 is 15.9 Å². The Morgan fingerprint density at radius 2 is 2.07 bits per heavy atom. The summed E-state index contributed by atoms with van der Waals surface area (Å²) < 4.78 is 18.2. The quantitative estimate of drug-likeness (QED) is 0.736. The van der Waals surface area contributed by atoms with Gasteiger partial charge in [-0.15, -0.1) is 0 Å². The van der Waals surface area contributed by atoms with Gasteiger partial charge in [0.05, 0.1) is 18.1 Å². The van der Waals surface area contributed by atoms with Gasteiger partial charge in [-0.3, -0.25) is 0 Å². The van der Waals surface area contributed by atoms with E-state index in [1.54, 1.807) is 12.1 Å². The lowest BCUT2D eigenvalue weighted by Gasteiger charge is -2.01. The predicted octanol–water partition coefficient (Wildman–Crippen LogP) is 2.54. The van der Waals surface area contributed by atoms with Gasteiger partial charge in [0, 0.05) is 12.1 Å². The summed E-state index contributed by atoms with van der Waals surface area (Å²) in [4.78, 5) is 8.02. The Kier molecular flexibility index (Phi) is 2.33. The molecule has 3 nitrogen and oxygen atoms in total. The summed E-state index contributed by atoms with van der Waals surface area (Å²) in [6.45, 7) is 0. The molecule has 0 bridgehead atoms. The first-order valence-corrected chi connectivity index (χ1v) is 4.67. The lowest BCUT2D eigenvalue weighted by atomic mass is 10.3. The molecule has 0 saturated heterocycles. The molecule has 72 valence electrons. The van der Waals surface area contributed by atoms with Gasteiger partial charge in [-0.2, -0.15) is 0 Å². The van der Waals surface area contributed by atoms with Crippen molar-refractivity contribution in [3.63, 3.8) is 0 Å². The first-order chi connectivity index (χ1) is 6.70. The molecular formula is C9H6BrFN2O. The smallest absolute Gasteiger partial charge is 0.213 e. The predicted molar refractivity (Wildman–Crippen MR) is 53.7 cm³/mol. The highest BCUT2D eigenvalue weighted by atomic mass is 79.9. The van der Waals surface area contributed by atoms with Gasteiger partial charge in [0.25, 0.3) is 0 Å². The fourth-order valence-corrected chi connectivity index (χ4v) is 1.41. The van der Waals surface area contributed by atoms with Crippen LogP contribution in [0, 0.1) is 5.82 Å². The maximum atomic E-state index is 13.1. The van der Waals surface area contributed by atoms with Crippen LogP contribution in [0.25, 0.3) is 11.0 Å². The number of hydrogen-bond donors (Lipinski definition) is 0. The fourth-order valence-electron chi connectivity index (χ4n) is 1.10. The van der Waals surface area contributed by atoms with Gasteiger partial charge in [-0.1, -0.05) is 0 Å². The van der Waals surface area contributed by atoms with Crippen molar-refractivity contribution in [1.29, 1.82) is 0 Å². The molecule has 2 rings (SSSR count). The molecule has 0 amide bonds. The van der Waals surface area contributed by atoms with Crippen LogP contribution in [0.5, 0.6) is 5.88 Å². The lowest BCUT2D eigenvalue weighted by molar-refractivity contribution is 0.399. The van der Waals surface area contributed by atoms with Crippen LogP contribution in [0.4, 0.5) is 4.39 Å². The summed E-state index contributed by atoms with van der Waals surface area (Å²) in [5, 5.41) is 0. The normalized spacial score (nSPS) is 10.5. The average molecular weight is 257 g/mol. The van der Waals surface area contributed by atoms with E-state index in [2.05, 4.69) is 25.9 Å². The van der Waals surface area contributed by atoms with Gasteiger partial charge in [0.15, 0.2) is 5.82 Å². The molecule has 2 aromatic heterocycles. The number of rotatable bonds is 1. The highest BCUT2D eigenvalue weighted by molar-refractivity contribution is 9.10. The summed E-state index contributed by atoms with van der Waals surface area (Å²) >= 11 is 3.01. The molecule has 0 saturated carbocycles. The Labute approximate surface area is 88.1 Å². The largest absolute Gasteiger partial charge is 0.481 e. The summed E-state index contributed by atoms with van der Waals surface area (Å²) in [7, 11) is 1.51. The third kappa shape index (κ3) is 1.55. The molecule has 0 aliphatic carbocycles. The molecule has 0 fully saturated rings. The Morgan fingerprint density at radius 1 is 1.29 bits per heavy atom. The minimum Gasteiger partial charge on any atom is -0.481 e. The number of hydrogen-bond acceptors (Lipinski definition) is 3. The molecular weight excluding hydrogens is 251 g/mol. The Balaban J connectivity index is 2.70. The zero-order valence-corrected chi connectivity index (χ0v) is 8.88. The second kappa shape index (κ2) is 3.49. The molecule has 0 unspecified atom stereocenters. The van der Waals surface area contributed by atoms with Crippen LogP contribution in [-0.4, -0.2) is 17.1 Å². The van der Waals surface area contributed by atoms with Crippen LogP contribution in [-0.2, 0) is 0 Å². The molecule has 2 aromatic rings. The van der Waals surface area contributed by atoms with Crippen molar-refractivity contribution in [1.82, 2.24) is 9.97 Å². The molecule has 0 atom stereocenters. The number of methoxy groups -OCH3 is 1. The van der Waals surface area contributed by atoms with Crippen molar-refractivity contribution < 1.29 is 9.13 Å². The first kappa shape index (κ1) is 9.33. The minimum atomic E-state index is -0.432. The highest BCUT2D eigenvalue weighted by Crippen LogP contribution is 2.20. The maximum Gasteiger partial charge on any atom is 0.213 e. The van der Waals surface area contributed by atoms with E-state index in [9.17, 15) is 4.39 Å². The molecule has 0 spiro atoms. The number of pyridine rings is 2. The number of fused-ring (bicyclic) bond motifs is 1. The molecule has 5 heteroatoms. The van der Waals surface area contributed by atoms with Gasteiger partial charge >= 0.3 is 0 Å². The summed E-state index contributed by atoms with van der Waals surface area (Å²) in [6, 6.07) is 4.72. The lowest BCUT2D eigenvalue weighted by Crippen LogP contribution is -1.91. The van der Waals surface area contributed by atoms with Crippen molar-refractivity contribution >= 4 is 27.0 Å². The second-order valence-corrected chi connectivity index (χ2v) is 3.40. The van der Waals surface area contributed by atoms with Crippen LogP contribution in [0.3, 0.4) is 0 Å². The van der Waals surface area contributed by atoms with Crippen LogP contribution in [0.15, 0.2) is 22.8 Å². The minimum absolute atomic E-state index is 0.192. The zero-order chi connectivity index (χ0) is 10.1. The van der Waals surface area contributed by atoms with Crippen molar-refractivity contribution in [2.75, 3.05) is 7.11 Å². The third-order valence-corrected chi connectivity index (χ3v) is 2.32. The standard InChI is InChI=1S/C9H6BrFN2O/c1-14-8-3-2-6-7(12-8)4-5(11)9(10)13-6/h2-4H,1H3. The Morgan fingerprint density at radius 3 is 2.79 bits per heavy atom. The van der Waals surface area contributed by atoms with Crippen LogP contribution < -0.4 is 4.74 Å². The molecule has 2 heterocycles. The third-order valence-electron chi connectivity index (χ3n) is 1.77. The van der Waals surface area contributed by atoms with E-state index in [0.717, 1.165) is 0 Å². The highest BCUT2D eigenvalue weighted by Gasteiger charge is 2.05. The van der Waals surface area contributed by atoms with Gasteiger partial charge in [0.2, 0.25) is 5.88 Å². The molecule has 0 aliphatic rings. The van der Waals surface area contributed by atoms with E-state index in [4.69, 9.17) is 4.74 Å². The molecule has 0 N–H and O–H groups in total. The monoisotopic (exact) mass is 256 g/mol. The Hall–Kier alpha value is -1.23. The van der Waals surface area contributed by atoms with Crippen LogP contribution in [0.1, 0.15) is 0 Å². The van der Waals surface area contributed by atoms with E-state index in [1.165, 1.54) is 13.2 Å². The molecule has 0 radical (unpaired) electrons. The van der Waals surface area contributed by atoms with Gasteiger partial charge in [-0.25, -0.2) is 14.4 Å². The van der Waals surface area contributed by atoms with E-state index in [0.29, 0.717) is 16.9 Å². The molecule has 14 heavy (non-hydrogen) atoms.